The maximum absolute atomic E-state index is 14.5. The molecule has 0 aliphatic rings. The van der Waals surface area contributed by atoms with Crippen LogP contribution in [0.3, 0.4) is 0 Å². The number of nitrogens with one attached hydrogen (secondary N) is 1. The standard InChI is InChI=1S/C22H36FNO.C2H6/c1-7-10-12-18(11-8-2)22(9-3)24-17(6)20-14-13-19(15-21(20)23)25-16(4)5;1-2/h13-16,18,22,24H,6-12H2,1-5H3;1-2H3. The molecule has 2 nitrogen and oxygen atoms in total. The van der Waals surface area contributed by atoms with E-state index in [1.807, 2.05) is 33.8 Å². The van der Waals surface area contributed by atoms with Crippen molar-refractivity contribution in [2.24, 2.45) is 5.92 Å². The van der Waals surface area contributed by atoms with Crippen LogP contribution < -0.4 is 10.1 Å². The van der Waals surface area contributed by atoms with Crippen molar-refractivity contribution in [2.75, 3.05) is 0 Å². The normalized spacial score (nSPS) is 12.8. The Bertz CT molecular complexity index is 527. The zero-order valence-corrected chi connectivity index (χ0v) is 18.7. The van der Waals surface area contributed by atoms with Gasteiger partial charge in [0, 0.05) is 23.4 Å². The Morgan fingerprint density at radius 1 is 1.11 bits per heavy atom. The summed E-state index contributed by atoms with van der Waals surface area (Å²) in [7, 11) is 0. The van der Waals surface area contributed by atoms with Crippen LogP contribution in [0.5, 0.6) is 5.75 Å². The summed E-state index contributed by atoms with van der Waals surface area (Å²) in [5.41, 5.74) is 1.19. The highest BCUT2D eigenvalue weighted by Crippen LogP contribution is 2.26. The van der Waals surface area contributed by atoms with Gasteiger partial charge in [0.25, 0.3) is 0 Å². The molecule has 3 heteroatoms. The average Bonchev–Trinajstić information content (AvgIpc) is 2.64. The lowest BCUT2D eigenvalue weighted by Gasteiger charge is -2.29. The van der Waals surface area contributed by atoms with Gasteiger partial charge in [-0.1, -0.05) is 60.5 Å². The van der Waals surface area contributed by atoms with E-state index in [0.29, 0.717) is 29.0 Å². The van der Waals surface area contributed by atoms with Gasteiger partial charge in [-0.05, 0) is 51.2 Å². The maximum Gasteiger partial charge on any atom is 0.136 e. The average molecular weight is 380 g/mol. The molecule has 1 aromatic rings. The summed E-state index contributed by atoms with van der Waals surface area (Å²) in [6.45, 7) is 18.6. The molecule has 0 saturated carbocycles. The monoisotopic (exact) mass is 379 g/mol. The van der Waals surface area contributed by atoms with Crippen LogP contribution in [0.4, 0.5) is 4.39 Å². The summed E-state index contributed by atoms with van der Waals surface area (Å²) in [6.07, 6.45) is 7.09. The summed E-state index contributed by atoms with van der Waals surface area (Å²) in [6, 6.07) is 5.36. The molecule has 156 valence electrons. The highest BCUT2D eigenvalue weighted by atomic mass is 19.1. The number of rotatable bonds is 12. The third-order valence-corrected chi connectivity index (χ3v) is 4.59. The van der Waals surface area contributed by atoms with Crippen molar-refractivity contribution >= 4 is 5.70 Å². The Hall–Kier alpha value is -1.51. The molecule has 0 aromatic heterocycles. The Morgan fingerprint density at radius 2 is 1.78 bits per heavy atom. The first-order valence-electron chi connectivity index (χ1n) is 10.8. The maximum atomic E-state index is 14.5. The molecule has 0 heterocycles. The van der Waals surface area contributed by atoms with E-state index in [4.69, 9.17) is 4.74 Å². The molecule has 0 bridgehead atoms. The van der Waals surface area contributed by atoms with Gasteiger partial charge in [0.2, 0.25) is 0 Å². The van der Waals surface area contributed by atoms with Crippen molar-refractivity contribution in [3.63, 3.8) is 0 Å². The largest absolute Gasteiger partial charge is 0.491 e. The van der Waals surface area contributed by atoms with Crippen LogP contribution in [-0.2, 0) is 0 Å². The van der Waals surface area contributed by atoms with Gasteiger partial charge >= 0.3 is 0 Å². The number of hydrogen-bond donors (Lipinski definition) is 1. The van der Waals surface area contributed by atoms with Gasteiger partial charge in [0.1, 0.15) is 11.6 Å². The van der Waals surface area contributed by atoms with Crippen molar-refractivity contribution in [3.05, 3.63) is 36.2 Å². The van der Waals surface area contributed by atoms with Crippen LogP contribution >= 0.6 is 0 Å². The topological polar surface area (TPSA) is 21.3 Å². The van der Waals surface area contributed by atoms with Crippen molar-refractivity contribution in [3.8, 4) is 5.75 Å². The van der Waals surface area contributed by atoms with E-state index in [1.165, 1.54) is 38.2 Å². The molecule has 0 aliphatic heterocycles. The minimum Gasteiger partial charge on any atom is -0.491 e. The first kappa shape index (κ1) is 25.5. The van der Waals surface area contributed by atoms with Gasteiger partial charge in [-0.15, -0.1) is 0 Å². The highest BCUT2D eigenvalue weighted by Gasteiger charge is 2.20. The Kier molecular flexibility index (Phi) is 13.7. The molecule has 0 aliphatic carbocycles. The zero-order chi connectivity index (χ0) is 20.8. The van der Waals surface area contributed by atoms with Gasteiger partial charge in [0.15, 0.2) is 0 Å². The molecular weight excluding hydrogens is 337 g/mol. The molecule has 0 spiro atoms. The van der Waals surface area contributed by atoms with E-state index in [0.717, 1.165) is 6.42 Å². The minimum absolute atomic E-state index is 0.0319. The third-order valence-electron chi connectivity index (χ3n) is 4.59. The van der Waals surface area contributed by atoms with Crippen LogP contribution in [0.2, 0.25) is 0 Å². The highest BCUT2D eigenvalue weighted by molar-refractivity contribution is 5.63. The second-order valence-electron chi connectivity index (χ2n) is 7.14. The Balaban J connectivity index is 0.00000326. The van der Waals surface area contributed by atoms with E-state index in [-0.39, 0.29) is 11.9 Å². The fraction of sp³-hybridized carbons (Fsp3) is 0.667. The van der Waals surface area contributed by atoms with Crippen LogP contribution in [0.1, 0.15) is 92.6 Å². The smallest absolute Gasteiger partial charge is 0.136 e. The van der Waals surface area contributed by atoms with E-state index in [2.05, 4.69) is 32.7 Å². The fourth-order valence-corrected chi connectivity index (χ4v) is 3.32. The van der Waals surface area contributed by atoms with Crippen molar-refractivity contribution in [1.82, 2.24) is 5.32 Å². The molecule has 1 aromatic carbocycles. The third kappa shape index (κ3) is 9.30. The predicted molar refractivity (Wildman–Crippen MR) is 118 cm³/mol. The van der Waals surface area contributed by atoms with Crippen LogP contribution in [0, 0.1) is 11.7 Å². The van der Waals surface area contributed by atoms with Crippen molar-refractivity contribution < 1.29 is 9.13 Å². The lowest BCUT2D eigenvalue weighted by atomic mass is 9.88. The van der Waals surface area contributed by atoms with E-state index < -0.39 is 0 Å². The Morgan fingerprint density at radius 3 is 2.26 bits per heavy atom. The van der Waals surface area contributed by atoms with Gasteiger partial charge in [-0.2, -0.15) is 0 Å². The fourth-order valence-electron chi connectivity index (χ4n) is 3.32. The first-order chi connectivity index (χ1) is 12.9. The summed E-state index contributed by atoms with van der Waals surface area (Å²) in [5, 5.41) is 3.50. The number of ether oxygens (including phenoxy) is 1. The summed E-state index contributed by atoms with van der Waals surface area (Å²) in [5.74, 6) is 0.882. The molecule has 2 atom stereocenters. The number of hydrogen-bond acceptors (Lipinski definition) is 2. The second kappa shape index (κ2) is 14.5. The molecule has 0 amide bonds. The SMILES string of the molecule is C=C(NC(CC)C(CCC)CCCC)c1ccc(OC(C)C)cc1F.CC. The zero-order valence-electron chi connectivity index (χ0n) is 18.7. The van der Waals surface area contributed by atoms with E-state index >= 15 is 0 Å². The van der Waals surface area contributed by atoms with Crippen LogP contribution in [0.15, 0.2) is 24.8 Å². The molecule has 2 unspecified atom stereocenters. The lowest BCUT2D eigenvalue weighted by molar-refractivity contribution is 0.241. The lowest BCUT2D eigenvalue weighted by Crippen LogP contribution is -2.34. The van der Waals surface area contributed by atoms with Crippen LogP contribution in [0.25, 0.3) is 5.70 Å². The summed E-state index contributed by atoms with van der Waals surface area (Å²) < 4.78 is 20.0. The van der Waals surface area contributed by atoms with Gasteiger partial charge in [-0.3, -0.25) is 0 Å². The molecule has 0 fully saturated rings. The van der Waals surface area contributed by atoms with Crippen molar-refractivity contribution in [2.45, 2.75) is 99.1 Å². The molecule has 27 heavy (non-hydrogen) atoms. The predicted octanol–water partition coefficient (Wildman–Crippen LogP) is 7.58. The molecule has 0 saturated heterocycles. The Labute approximate surface area is 167 Å². The number of halogens is 1. The summed E-state index contributed by atoms with van der Waals surface area (Å²) >= 11 is 0. The molecular formula is C24H42FNO. The first-order valence-corrected chi connectivity index (χ1v) is 10.8. The van der Waals surface area contributed by atoms with E-state index in [9.17, 15) is 4.39 Å². The number of benzene rings is 1. The summed E-state index contributed by atoms with van der Waals surface area (Å²) in [4.78, 5) is 0. The second-order valence-corrected chi connectivity index (χ2v) is 7.14. The van der Waals surface area contributed by atoms with Crippen molar-refractivity contribution in [1.29, 1.82) is 0 Å². The van der Waals surface area contributed by atoms with Crippen LogP contribution in [-0.4, -0.2) is 12.1 Å². The van der Waals surface area contributed by atoms with Gasteiger partial charge in [-0.25, -0.2) is 4.39 Å². The quantitative estimate of drug-likeness (QED) is 0.404. The molecule has 0 radical (unpaired) electrons. The number of unbranched alkanes of at least 4 members (excludes halogenated alkanes) is 1. The van der Waals surface area contributed by atoms with E-state index in [1.54, 1.807) is 6.07 Å². The molecule has 1 rings (SSSR count). The minimum atomic E-state index is -0.286. The van der Waals surface area contributed by atoms with Gasteiger partial charge < -0.3 is 10.1 Å². The van der Waals surface area contributed by atoms with Gasteiger partial charge in [0.05, 0.1) is 6.10 Å². The molecule has 1 N–H and O–H groups in total.